The zero-order chi connectivity index (χ0) is 23.0. The molecule has 0 spiro atoms. The van der Waals surface area contributed by atoms with Crippen molar-refractivity contribution in [1.82, 2.24) is 4.98 Å². The maximum atomic E-state index is 13.6. The van der Waals surface area contributed by atoms with Crippen molar-refractivity contribution in [2.75, 3.05) is 0 Å². The van der Waals surface area contributed by atoms with Crippen LogP contribution in [0.1, 0.15) is 30.4 Å². The van der Waals surface area contributed by atoms with Crippen LogP contribution in [-0.2, 0) is 9.84 Å². The van der Waals surface area contributed by atoms with Crippen LogP contribution >= 0.6 is 0 Å². The summed E-state index contributed by atoms with van der Waals surface area (Å²) in [5, 5.41) is 3.27. The number of rotatable bonds is 2. The first-order valence-electron chi connectivity index (χ1n) is 11.4. The van der Waals surface area contributed by atoms with Crippen LogP contribution in [0.5, 0.6) is 0 Å². The molecule has 2 aliphatic rings. The molecule has 4 aromatic carbocycles. The average Bonchev–Trinajstić information content (AvgIpc) is 3.26. The third kappa shape index (κ3) is 2.50. The zero-order valence-corrected chi connectivity index (χ0v) is 19.3. The molecule has 3 heterocycles. The lowest BCUT2D eigenvalue weighted by Gasteiger charge is -2.26. The van der Waals surface area contributed by atoms with Gasteiger partial charge in [-0.05, 0) is 64.9 Å². The van der Waals surface area contributed by atoms with Crippen molar-refractivity contribution in [2.24, 2.45) is 4.99 Å². The molecule has 1 unspecified atom stereocenters. The lowest BCUT2D eigenvalue weighted by molar-refractivity contribution is 0.591. The van der Waals surface area contributed by atoms with Gasteiger partial charge in [-0.2, -0.15) is 0 Å². The molecule has 0 saturated carbocycles. The lowest BCUT2D eigenvalue weighted by Crippen LogP contribution is -2.21. The van der Waals surface area contributed by atoms with Gasteiger partial charge in [-0.15, -0.1) is 0 Å². The van der Waals surface area contributed by atoms with Crippen LogP contribution < -0.4 is 0 Å². The van der Waals surface area contributed by atoms with Crippen LogP contribution in [0.2, 0.25) is 0 Å². The SMILES string of the molecule is CCC1=Nc2cccc3c2C1c1cc(-c2cc4ccccc4c4ncccc24)ccc1S3(=O)=O. The highest BCUT2D eigenvalue weighted by Gasteiger charge is 2.41. The van der Waals surface area contributed by atoms with Gasteiger partial charge in [0.15, 0.2) is 0 Å². The molecule has 0 bridgehead atoms. The van der Waals surface area contributed by atoms with Gasteiger partial charge in [0.25, 0.3) is 0 Å². The second kappa shape index (κ2) is 6.84. The van der Waals surface area contributed by atoms with Crippen LogP contribution in [0.25, 0.3) is 32.8 Å². The highest BCUT2D eigenvalue weighted by Crippen LogP contribution is 2.51. The number of fused-ring (bicyclic) bond motifs is 5. The number of aromatic nitrogens is 1. The summed E-state index contributed by atoms with van der Waals surface area (Å²) in [6, 6.07) is 25.7. The second-order valence-corrected chi connectivity index (χ2v) is 10.8. The molecule has 0 aliphatic carbocycles. The van der Waals surface area contributed by atoms with E-state index in [2.05, 4.69) is 42.2 Å². The number of pyridine rings is 1. The van der Waals surface area contributed by atoms with Crippen molar-refractivity contribution in [3.63, 3.8) is 0 Å². The van der Waals surface area contributed by atoms with Crippen LogP contribution in [0.15, 0.2) is 99.8 Å². The minimum Gasteiger partial charge on any atom is -0.256 e. The molecule has 7 rings (SSSR count). The Morgan fingerprint density at radius 2 is 1.71 bits per heavy atom. The molecular formula is C29H20N2O2S. The fourth-order valence-electron chi connectivity index (χ4n) is 5.61. The maximum absolute atomic E-state index is 13.6. The lowest BCUT2D eigenvalue weighted by atomic mass is 9.85. The molecular weight excluding hydrogens is 440 g/mol. The van der Waals surface area contributed by atoms with E-state index in [0.29, 0.717) is 9.79 Å². The molecule has 164 valence electrons. The predicted octanol–water partition coefficient (Wildman–Crippen LogP) is 6.83. The third-order valence-electron chi connectivity index (χ3n) is 7.12. The van der Waals surface area contributed by atoms with Crippen LogP contribution in [0.4, 0.5) is 5.69 Å². The monoisotopic (exact) mass is 460 g/mol. The van der Waals surface area contributed by atoms with E-state index in [9.17, 15) is 8.42 Å². The van der Waals surface area contributed by atoms with Gasteiger partial charge in [0.1, 0.15) is 0 Å². The Labute approximate surface area is 197 Å². The second-order valence-electron chi connectivity index (χ2n) is 8.88. The maximum Gasteiger partial charge on any atom is 0.207 e. The average molecular weight is 461 g/mol. The van der Waals surface area contributed by atoms with Gasteiger partial charge in [-0.3, -0.25) is 9.98 Å². The zero-order valence-electron chi connectivity index (χ0n) is 18.5. The minimum absolute atomic E-state index is 0.125. The van der Waals surface area contributed by atoms with Gasteiger partial charge < -0.3 is 0 Å². The fourth-order valence-corrected chi connectivity index (χ4v) is 7.35. The molecule has 0 fully saturated rings. The Balaban J connectivity index is 1.54. The minimum atomic E-state index is -3.61. The summed E-state index contributed by atoms with van der Waals surface area (Å²) in [7, 11) is -3.61. The molecule has 0 saturated heterocycles. The van der Waals surface area contributed by atoms with E-state index in [1.807, 2.05) is 36.5 Å². The van der Waals surface area contributed by atoms with Crippen LogP contribution in [0.3, 0.4) is 0 Å². The number of sulfone groups is 1. The third-order valence-corrected chi connectivity index (χ3v) is 9.00. The highest BCUT2D eigenvalue weighted by atomic mass is 32.2. The Morgan fingerprint density at radius 3 is 2.59 bits per heavy atom. The molecule has 0 amide bonds. The van der Waals surface area contributed by atoms with Crippen molar-refractivity contribution >= 4 is 42.9 Å². The van der Waals surface area contributed by atoms with Gasteiger partial charge in [0.05, 0.1) is 26.9 Å². The van der Waals surface area contributed by atoms with Crippen molar-refractivity contribution in [3.05, 3.63) is 96.2 Å². The van der Waals surface area contributed by atoms with Gasteiger partial charge in [0, 0.05) is 28.2 Å². The Hall–Kier alpha value is -3.83. The predicted molar refractivity (Wildman–Crippen MR) is 136 cm³/mol. The summed E-state index contributed by atoms with van der Waals surface area (Å²) in [6.45, 7) is 2.08. The van der Waals surface area contributed by atoms with Gasteiger partial charge in [0.2, 0.25) is 9.84 Å². The first kappa shape index (κ1) is 19.6. The first-order chi connectivity index (χ1) is 16.6. The van der Waals surface area contributed by atoms with E-state index in [0.717, 1.165) is 61.7 Å². The number of hydrogen-bond acceptors (Lipinski definition) is 4. The Kier molecular flexibility index (Phi) is 3.95. The Bertz CT molecular complexity index is 1820. The normalized spacial score (nSPS) is 17.4. The van der Waals surface area contributed by atoms with Gasteiger partial charge in [-0.1, -0.05) is 49.4 Å². The Morgan fingerprint density at radius 1 is 0.853 bits per heavy atom. The smallest absolute Gasteiger partial charge is 0.207 e. The standard InChI is InChI=1S/C29H20N2O2S/c1-2-23-27-22-16-18(12-13-25(22)34(32,33)26-11-5-10-24(31-23)28(26)27)21-15-17-7-3-4-8-19(17)29-20(21)9-6-14-30-29/h3-16,27H,2H2,1H3. The van der Waals surface area contributed by atoms with E-state index in [1.54, 1.807) is 18.2 Å². The van der Waals surface area contributed by atoms with Crippen molar-refractivity contribution in [1.29, 1.82) is 0 Å². The van der Waals surface area contributed by atoms with E-state index >= 15 is 0 Å². The summed E-state index contributed by atoms with van der Waals surface area (Å²) in [6.07, 6.45) is 2.59. The van der Waals surface area contributed by atoms with Crippen LogP contribution in [-0.4, -0.2) is 19.1 Å². The van der Waals surface area contributed by atoms with E-state index in [-0.39, 0.29) is 5.92 Å². The van der Waals surface area contributed by atoms with Crippen molar-refractivity contribution < 1.29 is 8.42 Å². The molecule has 4 nitrogen and oxygen atoms in total. The van der Waals surface area contributed by atoms with Crippen LogP contribution in [0, 0.1) is 0 Å². The molecule has 0 radical (unpaired) electrons. The van der Waals surface area contributed by atoms with E-state index in [4.69, 9.17) is 4.99 Å². The first-order valence-corrected chi connectivity index (χ1v) is 12.9. The molecule has 1 atom stereocenters. The summed E-state index contributed by atoms with van der Waals surface area (Å²) in [4.78, 5) is 10.3. The summed E-state index contributed by atoms with van der Waals surface area (Å²) < 4.78 is 27.2. The van der Waals surface area contributed by atoms with E-state index < -0.39 is 9.84 Å². The topological polar surface area (TPSA) is 59.4 Å². The van der Waals surface area contributed by atoms with E-state index in [1.165, 1.54) is 0 Å². The summed E-state index contributed by atoms with van der Waals surface area (Å²) >= 11 is 0. The van der Waals surface area contributed by atoms with Gasteiger partial charge in [-0.25, -0.2) is 8.42 Å². The molecule has 0 N–H and O–H groups in total. The highest BCUT2D eigenvalue weighted by molar-refractivity contribution is 7.91. The number of hydrogen-bond donors (Lipinski definition) is 0. The molecule has 2 aliphatic heterocycles. The number of benzene rings is 4. The summed E-state index contributed by atoms with van der Waals surface area (Å²) in [5.41, 5.74) is 6.43. The summed E-state index contributed by atoms with van der Waals surface area (Å²) in [5.74, 6) is -0.125. The van der Waals surface area contributed by atoms with Gasteiger partial charge >= 0.3 is 0 Å². The fraction of sp³-hybridized carbons (Fsp3) is 0.103. The van der Waals surface area contributed by atoms with Crippen molar-refractivity contribution in [3.8, 4) is 11.1 Å². The quantitative estimate of drug-likeness (QED) is 0.271. The number of nitrogens with zero attached hydrogens (tertiary/aromatic N) is 2. The molecule has 5 heteroatoms. The molecule has 34 heavy (non-hydrogen) atoms. The van der Waals surface area contributed by atoms with Crippen molar-refractivity contribution in [2.45, 2.75) is 29.1 Å². The largest absolute Gasteiger partial charge is 0.256 e. The molecule has 1 aromatic heterocycles. The molecule has 5 aromatic rings. The number of aliphatic imine (C=N–C) groups is 1.